The summed E-state index contributed by atoms with van der Waals surface area (Å²) in [6, 6.07) is 9.73. The van der Waals surface area contributed by atoms with Crippen LogP contribution in [0.15, 0.2) is 53.7 Å². The van der Waals surface area contributed by atoms with Gasteiger partial charge in [0.2, 0.25) is 0 Å². The molecule has 9 nitrogen and oxygen atoms in total. The number of carbonyl (C=O) groups is 3. The van der Waals surface area contributed by atoms with Gasteiger partial charge in [0.1, 0.15) is 0 Å². The van der Waals surface area contributed by atoms with E-state index >= 15 is 0 Å². The third kappa shape index (κ3) is 7.76. The lowest BCUT2D eigenvalue weighted by atomic mass is 9.89. The Kier molecular flexibility index (Phi) is 10.5. The first-order valence-corrected chi connectivity index (χ1v) is 14.1. The molecule has 4 amide bonds. The molecule has 2 aliphatic rings. The molecule has 4 rings (SSSR count). The third-order valence-electron chi connectivity index (χ3n) is 7.09. The number of nitrogens with one attached hydrogen (secondary N) is 4. The highest BCUT2D eigenvalue weighted by molar-refractivity contribution is 14.1. The predicted molar refractivity (Wildman–Crippen MR) is 155 cm³/mol. The molecule has 0 aromatic heterocycles. The van der Waals surface area contributed by atoms with Crippen molar-refractivity contribution in [1.82, 2.24) is 20.9 Å². The average Bonchev–Trinajstić information content (AvgIpc) is 2.92. The molecule has 0 aliphatic carbocycles. The van der Waals surface area contributed by atoms with Crippen LogP contribution in [0.25, 0.3) is 0 Å². The van der Waals surface area contributed by atoms with E-state index in [0.717, 1.165) is 56.7 Å². The lowest BCUT2D eigenvalue weighted by Crippen LogP contribution is -2.48. The van der Waals surface area contributed by atoms with Crippen molar-refractivity contribution in [3.8, 4) is 0 Å². The van der Waals surface area contributed by atoms with Gasteiger partial charge >= 0.3 is 6.03 Å². The molecule has 0 saturated carbocycles. The van der Waals surface area contributed by atoms with Gasteiger partial charge in [-0.2, -0.15) is 0 Å². The largest absolute Gasteiger partial charge is 0.378 e. The summed E-state index contributed by atoms with van der Waals surface area (Å²) in [6.07, 6.45) is 2.72. The van der Waals surface area contributed by atoms with Crippen molar-refractivity contribution in [2.45, 2.75) is 31.2 Å². The van der Waals surface area contributed by atoms with E-state index in [-0.39, 0.29) is 27.4 Å². The Hall–Kier alpha value is -3.10. The van der Waals surface area contributed by atoms with Crippen LogP contribution in [0.2, 0.25) is 0 Å². The molecular formula is C28H32F2IN5O4. The Morgan fingerprint density at radius 3 is 2.58 bits per heavy atom. The van der Waals surface area contributed by atoms with E-state index in [2.05, 4.69) is 32.2 Å². The van der Waals surface area contributed by atoms with Crippen LogP contribution < -0.4 is 21.3 Å². The Bertz CT molecular complexity index is 1280. The molecule has 0 radical (unpaired) electrons. The van der Waals surface area contributed by atoms with E-state index in [1.807, 2.05) is 18.2 Å². The van der Waals surface area contributed by atoms with Crippen LogP contribution in [-0.4, -0.2) is 60.6 Å². The van der Waals surface area contributed by atoms with Gasteiger partial charge in [0, 0.05) is 41.9 Å². The van der Waals surface area contributed by atoms with E-state index in [4.69, 9.17) is 4.74 Å². The number of carbonyl (C=O) groups excluding carboxylic acids is 3. The Labute approximate surface area is 245 Å². The molecule has 0 unspecified atom stereocenters. The van der Waals surface area contributed by atoms with Crippen LogP contribution >= 0.6 is 22.6 Å². The maximum absolute atomic E-state index is 13.9. The molecule has 2 aromatic rings. The molecule has 2 aromatic carbocycles. The number of rotatable bonds is 10. The Balaban J connectivity index is 1.31. The molecule has 214 valence electrons. The first-order chi connectivity index (χ1) is 19.2. The van der Waals surface area contributed by atoms with Gasteiger partial charge in [-0.1, -0.05) is 18.2 Å². The van der Waals surface area contributed by atoms with E-state index in [1.165, 1.54) is 18.7 Å². The zero-order chi connectivity index (χ0) is 28.6. The van der Waals surface area contributed by atoms with Crippen LogP contribution in [0.1, 0.15) is 42.3 Å². The number of urea groups is 1. The number of halogens is 3. The number of piperidine rings is 1. The van der Waals surface area contributed by atoms with Gasteiger partial charge in [0.05, 0.1) is 23.9 Å². The maximum atomic E-state index is 13.9. The van der Waals surface area contributed by atoms with E-state index in [0.29, 0.717) is 12.5 Å². The minimum absolute atomic E-state index is 0.0291. The van der Waals surface area contributed by atoms with Crippen LogP contribution in [0.5, 0.6) is 0 Å². The summed E-state index contributed by atoms with van der Waals surface area (Å²) < 4.78 is 32.5. The van der Waals surface area contributed by atoms with Crippen molar-refractivity contribution < 1.29 is 27.9 Å². The lowest BCUT2D eigenvalue weighted by molar-refractivity contribution is -0.118. The monoisotopic (exact) mass is 667 g/mol. The number of likely N-dealkylation sites (tertiary alicyclic amines) is 1. The van der Waals surface area contributed by atoms with Gasteiger partial charge in [-0.15, -0.1) is 0 Å². The fraction of sp³-hybridized carbons (Fsp3) is 0.393. The molecule has 2 heterocycles. The summed E-state index contributed by atoms with van der Waals surface area (Å²) in [5, 5.41) is 11.0. The van der Waals surface area contributed by atoms with Gasteiger partial charge in [-0.3, -0.25) is 9.59 Å². The summed E-state index contributed by atoms with van der Waals surface area (Å²) in [7, 11) is 1.44. The number of hydrogen-bond acceptors (Lipinski definition) is 5. The topological polar surface area (TPSA) is 112 Å². The highest BCUT2D eigenvalue weighted by Gasteiger charge is 2.33. The zero-order valence-electron chi connectivity index (χ0n) is 22.1. The fourth-order valence-corrected chi connectivity index (χ4v) is 5.47. The number of methoxy groups -OCH3 is 1. The summed E-state index contributed by atoms with van der Waals surface area (Å²) in [4.78, 5) is 39.2. The molecule has 40 heavy (non-hydrogen) atoms. The van der Waals surface area contributed by atoms with Crippen LogP contribution in [0, 0.1) is 11.6 Å². The first-order valence-electron chi connectivity index (χ1n) is 13.1. The molecule has 1 fully saturated rings. The number of nitrogens with zero attached hydrogens (tertiary/aromatic N) is 1. The van der Waals surface area contributed by atoms with Gasteiger partial charge in [0.15, 0.2) is 11.6 Å². The number of ether oxygens (including phenoxy) is 1. The van der Waals surface area contributed by atoms with Crippen molar-refractivity contribution in [1.29, 1.82) is 0 Å². The van der Waals surface area contributed by atoms with Crippen molar-refractivity contribution in [3.63, 3.8) is 0 Å². The summed E-state index contributed by atoms with van der Waals surface area (Å²) in [5.41, 5.74) is 2.73. The van der Waals surface area contributed by atoms with Crippen molar-refractivity contribution >= 4 is 44.1 Å². The zero-order valence-corrected chi connectivity index (χ0v) is 24.2. The molecule has 12 heteroatoms. The SMILES string of the molecule is COCC1=C(C(=O)NCCCN2CCC(c3cccc(NC(=O)I)c3)CC2)[C@@H](c2ccc(F)c(F)c2)NC(=O)N1. The Morgan fingerprint density at radius 1 is 1.10 bits per heavy atom. The second kappa shape index (κ2) is 14.0. The molecular weight excluding hydrogens is 635 g/mol. The van der Waals surface area contributed by atoms with Crippen LogP contribution in [0.4, 0.5) is 24.1 Å². The molecule has 2 aliphatic heterocycles. The second-order valence-corrected chi connectivity index (χ2v) is 10.8. The molecule has 0 bridgehead atoms. The first kappa shape index (κ1) is 29.9. The number of amides is 4. The third-order valence-corrected chi connectivity index (χ3v) is 7.36. The highest BCUT2D eigenvalue weighted by Crippen LogP contribution is 2.30. The normalized spacial score (nSPS) is 18.2. The summed E-state index contributed by atoms with van der Waals surface area (Å²) in [5.74, 6) is -2.08. The Morgan fingerprint density at radius 2 is 1.88 bits per heavy atom. The minimum atomic E-state index is -1.07. The number of anilines is 1. The van der Waals surface area contributed by atoms with Crippen molar-refractivity contribution in [3.05, 3.63) is 76.5 Å². The van der Waals surface area contributed by atoms with Gasteiger partial charge < -0.3 is 30.9 Å². The predicted octanol–water partition coefficient (Wildman–Crippen LogP) is 4.57. The second-order valence-electron chi connectivity index (χ2n) is 9.78. The average molecular weight is 667 g/mol. The van der Waals surface area contributed by atoms with Crippen LogP contribution in [-0.2, 0) is 9.53 Å². The molecule has 4 N–H and O–H groups in total. The quantitative estimate of drug-likeness (QED) is 0.129. The molecule has 1 atom stereocenters. The summed E-state index contributed by atoms with van der Waals surface area (Å²) in [6.45, 7) is 3.04. The smallest absolute Gasteiger partial charge is 0.319 e. The minimum Gasteiger partial charge on any atom is -0.378 e. The summed E-state index contributed by atoms with van der Waals surface area (Å²) >= 11 is 1.72. The maximum Gasteiger partial charge on any atom is 0.319 e. The van der Waals surface area contributed by atoms with Crippen molar-refractivity contribution in [2.24, 2.45) is 0 Å². The van der Waals surface area contributed by atoms with Crippen LogP contribution in [0.3, 0.4) is 0 Å². The molecule has 1 saturated heterocycles. The number of hydrogen-bond donors (Lipinski definition) is 4. The van der Waals surface area contributed by atoms with Gasteiger partial charge in [-0.05, 0) is 80.2 Å². The van der Waals surface area contributed by atoms with Gasteiger partial charge in [0.25, 0.3) is 9.82 Å². The van der Waals surface area contributed by atoms with Gasteiger partial charge in [-0.25, -0.2) is 13.6 Å². The van der Waals surface area contributed by atoms with E-state index in [1.54, 1.807) is 22.6 Å². The van der Waals surface area contributed by atoms with Crippen molar-refractivity contribution in [2.75, 3.05) is 45.2 Å². The standard InChI is InChI=1S/C28H32F2IN5O4/c1-40-16-23-24(25(35-28(39)34-23)19-6-7-21(29)22(30)15-19)26(37)32-10-3-11-36-12-8-17(9-13-36)18-4-2-5-20(14-18)33-27(31)38/h2,4-7,14-15,17,25H,3,8-13,16H2,1H3,(H,32,37)(H,33,38)(H2,34,35,39)/t25-/m1/s1. The highest BCUT2D eigenvalue weighted by atomic mass is 127. The number of benzene rings is 2. The van der Waals surface area contributed by atoms with E-state index < -0.39 is 29.6 Å². The lowest BCUT2D eigenvalue weighted by Gasteiger charge is -2.32. The van der Waals surface area contributed by atoms with E-state index in [9.17, 15) is 23.2 Å². The molecule has 0 spiro atoms. The fourth-order valence-electron chi connectivity index (χ4n) is 5.16.